The predicted molar refractivity (Wildman–Crippen MR) is 132 cm³/mol. The van der Waals surface area contributed by atoms with Crippen LogP contribution in [0.4, 0.5) is 15.8 Å². The van der Waals surface area contributed by atoms with Crippen LogP contribution in [0, 0.1) is 0 Å². The Bertz CT molecular complexity index is 1250. The second kappa shape index (κ2) is 10.7. The van der Waals surface area contributed by atoms with Gasteiger partial charge in [0, 0.05) is 29.9 Å². The maximum absolute atomic E-state index is 13.9. The number of carbonyl (C=O) groups excluding carboxylic acids is 1. The van der Waals surface area contributed by atoms with E-state index in [1.165, 1.54) is 7.11 Å². The quantitative estimate of drug-likeness (QED) is 0.414. The molecule has 1 fully saturated rings. The lowest BCUT2D eigenvalue weighted by molar-refractivity contribution is -0.101. The van der Waals surface area contributed by atoms with E-state index in [0.29, 0.717) is 70.2 Å². The number of rotatable bonds is 8. The molecule has 11 heteroatoms. The van der Waals surface area contributed by atoms with E-state index in [1.807, 2.05) is 0 Å². The van der Waals surface area contributed by atoms with Crippen LogP contribution in [-0.2, 0) is 9.47 Å². The van der Waals surface area contributed by atoms with Gasteiger partial charge >= 0.3 is 0 Å². The standard InChI is InChI=1S/C25H26ClFN4O5/c1-33-24-17(26)3-2-4-18(24)30-23-20-21(14(9-27)10-29-25(20)32)31-22(23)16-5-6-28-11-19(16)36-13-15-12-34-7-8-35-15/h2-6,11,14-15,30-31H,7-10,12-13H2,1H3,(H,29,32)/t14-,15-/m0/s1. The monoisotopic (exact) mass is 516 g/mol. The van der Waals surface area contributed by atoms with E-state index in [4.69, 9.17) is 30.5 Å². The number of aromatic amines is 1. The fraction of sp³-hybridized carbons (Fsp3) is 0.360. The van der Waals surface area contributed by atoms with Gasteiger partial charge in [-0.1, -0.05) is 17.7 Å². The Morgan fingerprint density at radius 3 is 2.97 bits per heavy atom. The summed E-state index contributed by atoms with van der Waals surface area (Å²) >= 11 is 6.33. The minimum Gasteiger partial charge on any atom is -0.493 e. The molecule has 9 nitrogen and oxygen atoms in total. The number of methoxy groups -OCH3 is 1. The average molecular weight is 517 g/mol. The number of hydrogen-bond acceptors (Lipinski definition) is 7. The van der Waals surface area contributed by atoms with Crippen LogP contribution < -0.4 is 20.1 Å². The van der Waals surface area contributed by atoms with E-state index in [2.05, 4.69) is 20.6 Å². The molecule has 190 valence electrons. The van der Waals surface area contributed by atoms with Crippen LogP contribution in [0.15, 0.2) is 36.7 Å². The Labute approximate surface area is 212 Å². The largest absolute Gasteiger partial charge is 0.493 e. The molecule has 2 aliphatic rings. The first-order valence-corrected chi connectivity index (χ1v) is 11.9. The second-order valence-electron chi connectivity index (χ2n) is 8.42. The number of hydrogen-bond donors (Lipinski definition) is 3. The Balaban J connectivity index is 1.59. The number of aromatic nitrogens is 2. The van der Waals surface area contributed by atoms with Crippen LogP contribution in [0.25, 0.3) is 11.3 Å². The maximum Gasteiger partial charge on any atom is 0.255 e. The van der Waals surface area contributed by atoms with Gasteiger partial charge < -0.3 is 34.6 Å². The number of pyridine rings is 1. The van der Waals surface area contributed by atoms with Crippen molar-refractivity contribution in [2.24, 2.45) is 0 Å². The minimum absolute atomic E-state index is 0.195. The Hall–Kier alpha value is -3.34. The summed E-state index contributed by atoms with van der Waals surface area (Å²) in [6, 6.07) is 7.03. The summed E-state index contributed by atoms with van der Waals surface area (Å²) in [6.07, 6.45) is 3.01. The maximum atomic E-state index is 13.9. The van der Waals surface area contributed by atoms with E-state index in [0.717, 1.165) is 0 Å². The van der Waals surface area contributed by atoms with Crippen LogP contribution in [0.1, 0.15) is 22.0 Å². The molecule has 0 saturated carbocycles. The van der Waals surface area contributed by atoms with Crippen LogP contribution in [0.2, 0.25) is 5.02 Å². The molecule has 0 radical (unpaired) electrons. The molecular formula is C25H26ClFN4O5. The summed E-state index contributed by atoms with van der Waals surface area (Å²) in [5, 5.41) is 6.49. The molecular weight excluding hydrogens is 491 g/mol. The van der Waals surface area contributed by atoms with E-state index in [-0.39, 0.29) is 25.2 Å². The molecule has 4 heterocycles. The molecule has 3 aromatic rings. The van der Waals surface area contributed by atoms with Gasteiger partial charge in [-0.05, 0) is 18.2 Å². The number of alkyl halides is 1. The van der Waals surface area contributed by atoms with Crippen molar-refractivity contribution < 1.29 is 28.1 Å². The molecule has 2 aliphatic heterocycles. The van der Waals surface area contributed by atoms with E-state index < -0.39 is 12.6 Å². The van der Waals surface area contributed by atoms with Gasteiger partial charge in [-0.2, -0.15) is 0 Å². The highest BCUT2D eigenvalue weighted by Gasteiger charge is 2.34. The van der Waals surface area contributed by atoms with Gasteiger partial charge in [0.2, 0.25) is 0 Å². The molecule has 1 saturated heterocycles. The summed E-state index contributed by atoms with van der Waals surface area (Å²) in [4.78, 5) is 20.5. The summed E-state index contributed by atoms with van der Waals surface area (Å²) < 4.78 is 36.6. The third-order valence-corrected chi connectivity index (χ3v) is 6.45. The fourth-order valence-electron chi connectivity index (χ4n) is 4.39. The lowest BCUT2D eigenvalue weighted by atomic mass is 9.97. The van der Waals surface area contributed by atoms with Crippen molar-refractivity contribution in [1.82, 2.24) is 15.3 Å². The molecule has 0 unspecified atom stereocenters. The van der Waals surface area contributed by atoms with Gasteiger partial charge in [0.15, 0.2) is 5.75 Å². The minimum atomic E-state index is -0.633. The van der Waals surface area contributed by atoms with Gasteiger partial charge in [-0.3, -0.25) is 14.2 Å². The predicted octanol–water partition coefficient (Wildman–Crippen LogP) is 4.07. The number of benzene rings is 1. The smallest absolute Gasteiger partial charge is 0.255 e. The average Bonchev–Trinajstić information content (AvgIpc) is 3.28. The molecule has 0 spiro atoms. The SMILES string of the molecule is COc1c(Cl)cccc1Nc1c(-c2ccncc2OC[C@@H]2COCCO2)[nH]c2c1C(=O)NC[C@@H]2CF. The molecule has 2 aromatic heterocycles. The normalized spacial score (nSPS) is 19.4. The van der Waals surface area contributed by atoms with Crippen LogP contribution >= 0.6 is 11.6 Å². The molecule has 2 atom stereocenters. The number of nitrogens with zero attached hydrogens (tertiary/aromatic N) is 1. The third-order valence-electron chi connectivity index (χ3n) is 6.15. The number of fused-ring (bicyclic) bond motifs is 1. The molecule has 0 aliphatic carbocycles. The summed E-state index contributed by atoms with van der Waals surface area (Å²) in [5.41, 5.74) is 3.03. The number of carbonyl (C=O) groups is 1. The molecule has 1 aromatic carbocycles. The van der Waals surface area contributed by atoms with Crippen molar-refractivity contribution in [2.75, 3.05) is 52.1 Å². The Kier molecular flexibility index (Phi) is 7.26. The summed E-state index contributed by atoms with van der Waals surface area (Å²) in [6.45, 7) is 1.32. The molecule has 1 amide bonds. The molecule has 5 rings (SSSR count). The van der Waals surface area contributed by atoms with Gasteiger partial charge in [0.1, 0.15) is 18.5 Å². The lowest BCUT2D eigenvalue weighted by Crippen LogP contribution is -2.35. The first-order chi connectivity index (χ1) is 17.6. The summed E-state index contributed by atoms with van der Waals surface area (Å²) in [7, 11) is 1.51. The van der Waals surface area contributed by atoms with Crippen molar-refractivity contribution >= 4 is 28.9 Å². The number of anilines is 2. The number of para-hydroxylation sites is 1. The highest BCUT2D eigenvalue weighted by atomic mass is 35.5. The number of nitrogens with one attached hydrogen (secondary N) is 3. The number of H-pyrrole nitrogens is 1. The van der Waals surface area contributed by atoms with Gasteiger partial charge in [0.05, 0.1) is 67.5 Å². The molecule has 3 N–H and O–H groups in total. The van der Waals surface area contributed by atoms with Crippen molar-refractivity contribution in [3.63, 3.8) is 0 Å². The van der Waals surface area contributed by atoms with Crippen LogP contribution in [0.3, 0.4) is 0 Å². The number of halogens is 2. The van der Waals surface area contributed by atoms with Crippen molar-refractivity contribution in [3.05, 3.63) is 52.9 Å². The van der Waals surface area contributed by atoms with E-state index >= 15 is 0 Å². The molecule has 36 heavy (non-hydrogen) atoms. The number of amides is 1. The molecule has 0 bridgehead atoms. The van der Waals surface area contributed by atoms with Crippen molar-refractivity contribution in [1.29, 1.82) is 0 Å². The van der Waals surface area contributed by atoms with Crippen LogP contribution in [0.5, 0.6) is 11.5 Å². The highest BCUT2D eigenvalue weighted by Crippen LogP contribution is 2.44. The van der Waals surface area contributed by atoms with Crippen LogP contribution in [-0.4, -0.2) is 68.7 Å². The zero-order valence-electron chi connectivity index (χ0n) is 19.6. The first kappa shape index (κ1) is 24.4. The zero-order chi connectivity index (χ0) is 25.1. The Morgan fingerprint density at radius 2 is 2.19 bits per heavy atom. The van der Waals surface area contributed by atoms with Gasteiger partial charge in [-0.25, -0.2) is 0 Å². The topological polar surface area (TPSA) is 107 Å². The Morgan fingerprint density at radius 1 is 1.31 bits per heavy atom. The van der Waals surface area contributed by atoms with Gasteiger partial charge in [0.25, 0.3) is 5.91 Å². The lowest BCUT2D eigenvalue weighted by Gasteiger charge is -2.23. The first-order valence-electron chi connectivity index (χ1n) is 11.6. The summed E-state index contributed by atoms with van der Waals surface area (Å²) in [5.74, 6) is 0.0554. The third kappa shape index (κ3) is 4.71. The van der Waals surface area contributed by atoms with Crippen molar-refractivity contribution in [3.8, 4) is 22.8 Å². The number of ether oxygens (including phenoxy) is 4. The fourth-order valence-corrected chi connectivity index (χ4v) is 4.64. The van der Waals surface area contributed by atoms with Gasteiger partial charge in [-0.15, -0.1) is 0 Å². The van der Waals surface area contributed by atoms with Crippen molar-refractivity contribution in [2.45, 2.75) is 12.0 Å². The van der Waals surface area contributed by atoms with E-state index in [9.17, 15) is 9.18 Å². The zero-order valence-corrected chi connectivity index (χ0v) is 20.4. The van der Waals surface area contributed by atoms with E-state index in [1.54, 1.807) is 36.7 Å². The highest BCUT2D eigenvalue weighted by molar-refractivity contribution is 6.32. The second-order valence-corrected chi connectivity index (χ2v) is 8.83.